The number of carbonyl (C=O) groups excluding carboxylic acids is 1. The Morgan fingerprint density at radius 3 is 2.70 bits per heavy atom. The fraction of sp³-hybridized carbons (Fsp3) is 0.312. The lowest BCUT2D eigenvalue weighted by molar-refractivity contribution is 0.0526. The minimum absolute atomic E-state index is 0.211. The fourth-order valence-electron chi connectivity index (χ4n) is 2.06. The number of benzene rings is 1. The molecule has 0 saturated carbocycles. The van der Waals surface area contributed by atoms with Crippen molar-refractivity contribution in [2.75, 3.05) is 11.9 Å². The first kappa shape index (κ1) is 15.3. The van der Waals surface area contributed by atoms with Crippen LogP contribution in [0.2, 0.25) is 0 Å². The van der Waals surface area contributed by atoms with Crippen LogP contribution in [0.25, 0.3) is 10.4 Å². The molecule has 0 fully saturated rings. The third-order valence-electron chi connectivity index (χ3n) is 2.96. The Labute approximate surface area is 131 Å². The second-order valence-corrected chi connectivity index (χ2v) is 6.02. The van der Waals surface area contributed by atoms with Crippen LogP contribution in [0.15, 0.2) is 35.7 Å². The average Bonchev–Trinajstić information content (AvgIpc) is 2.90. The first-order chi connectivity index (χ1) is 9.77. The predicted molar refractivity (Wildman–Crippen MR) is 87.8 cm³/mol. The number of ether oxygens (including phenoxy) is 1. The van der Waals surface area contributed by atoms with Crippen molar-refractivity contribution >= 4 is 33.2 Å². The van der Waals surface area contributed by atoms with Crippen molar-refractivity contribution in [2.24, 2.45) is 0 Å². The molecule has 2 aromatic rings. The summed E-state index contributed by atoms with van der Waals surface area (Å²) in [5.41, 5.74) is 2.90. The van der Waals surface area contributed by atoms with Crippen LogP contribution in [0.5, 0.6) is 0 Å². The van der Waals surface area contributed by atoms with Gasteiger partial charge in [0, 0.05) is 10.2 Å². The Balaban J connectivity index is 2.41. The fourth-order valence-corrected chi connectivity index (χ4v) is 3.44. The van der Waals surface area contributed by atoms with Crippen LogP contribution < -0.4 is 0 Å². The number of hydrogen-bond acceptors (Lipinski definition) is 3. The molecule has 0 N–H and O–H groups in total. The molecule has 0 saturated heterocycles. The van der Waals surface area contributed by atoms with Gasteiger partial charge in [0.1, 0.15) is 0 Å². The van der Waals surface area contributed by atoms with Crippen LogP contribution in [0.4, 0.5) is 0 Å². The van der Waals surface area contributed by atoms with Gasteiger partial charge in [0.15, 0.2) is 0 Å². The lowest BCUT2D eigenvalue weighted by Crippen LogP contribution is -2.07. The van der Waals surface area contributed by atoms with E-state index in [1.54, 1.807) is 11.3 Å². The van der Waals surface area contributed by atoms with Gasteiger partial charge in [0.05, 0.1) is 12.2 Å². The molecule has 106 valence electrons. The van der Waals surface area contributed by atoms with E-state index in [4.69, 9.17) is 4.74 Å². The van der Waals surface area contributed by atoms with E-state index >= 15 is 0 Å². The van der Waals surface area contributed by atoms with Gasteiger partial charge in [0.2, 0.25) is 0 Å². The zero-order valence-corrected chi connectivity index (χ0v) is 13.8. The molecule has 0 amide bonds. The number of aryl methyl sites for hydroxylation is 1. The molecule has 0 aliphatic carbocycles. The smallest absolute Gasteiger partial charge is 0.339 e. The number of carbonyl (C=O) groups is 1. The summed E-state index contributed by atoms with van der Waals surface area (Å²) in [4.78, 5) is 13.3. The van der Waals surface area contributed by atoms with Gasteiger partial charge >= 0.3 is 5.97 Å². The molecule has 20 heavy (non-hydrogen) atoms. The van der Waals surface area contributed by atoms with E-state index in [2.05, 4.69) is 21.3 Å². The lowest BCUT2D eigenvalue weighted by Gasteiger charge is -2.07. The molecule has 0 spiro atoms. The van der Waals surface area contributed by atoms with E-state index in [1.165, 1.54) is 0 Å². The van der Waals surface area contributed by atoms with Crippen LogP contribution in [-0.2, 0) is 11.2 Å². The highest BCUT2D eigenvalue weighted by molar-refractivity contribution is 9.09. The van der Waals surface area contributed by atoms with E-state index in [0.29, 0.717) is 6.61 Å². The highest BCUT2D eigenvalue weighted by Crippen LogP contribution is 2.34. The van der Waals surface area contributed by atoms with Crippen molar-refractivity contribution in [3.05, 3.63) is 46.8 Å². The molecule has 0 atom stereocenters. The van der Waals surface area contributed by atoms with Gasteiger partial charge in [-0.15, -0.1) is 11.3 Å². The highest BCUT2D eigenvalue weighted by atomic mass is 79.9. The van der Waals surface area contributed by atoms with E-state index in [0.717, 1.165) is 39.7 Å². The van der Waals surface area contributed by atoms with Crippen molar-refractivity contribution in [3.63, 3.8) is 0 Å². The number of thiophene rings is 1. The monoisotopic (exact) mass is 352 g/mol. The predicted octanol–water partition coefficient (Wildman–Crippen LogP) is 4.92. The van der Waals surface area contributed by atoms with E-state index in [-0.39, 0.29) is 5.97 Å². The molecule has 2 nitrogen and oxygen atoms in total. The van der Waals surface area contributed by atoms with Gasteiger partial charge in [-0.3, -0.25) is 0 Å². The van der Waals surface area contributed by atoms with Gasteiger partial charge in [-0.05, 0) is 36.3 Å². The number of alkyl halides is 1. The van der Waals surface area contributed by atoms with Crippen LogP contribution in [0.3, 0.4) is 0 Å². The number of rotatable bonds is 6. The Morgan fingerprint density at radius 2 is 2.05 bits per heavy atom. The first-order valence-electron chi connectivity index (χ1n) is 6.66. The molecule has 2 rings (SSSR count). The number of halogens is 1. The Hall–Kier alpha value is -1.13. The Morgan fingerprint density at radius 1 is 1.30 bits per heavy atom. The topological polar surface area (TPSA) is 26.3 Å². The zero-order valence-electron chi connectivity index (χ0n) is 11.4. The summed E-state index contributed by atoms with van der Waals surface area (Å²) in [6, 6.07) is 10.0. The van der Waals surface area contributed by atoms with E-state index in [9.17, 15) is 4.79 Å². The van der Waals surface area contributed by atoms with Crippen molar-refractivity contribution in [1.29, 1.82) is 0 Å². The summed E-state index contributed by atoms with van der Waals surface area (Å²) >= 11 is 5.06. The van der Waals surface area contributed by atoms with E-state index in [1.807, 2.05) is 37.3 Å². The largest absolute Gasteiger partial charge is 0.462 e. The van der Waals surface area contributed by atoms with Crippen LogP contribution in [0, 0.1) is 0 Å². The minimum atomic E-state index is -0.211. The summed E-state index contributed by atoms with van der Waals surface area (Å²) in [7, 11) is 0. The molecule has 1 aromatic carbocycles. The molecule has 0 aliphatic rings. The SMILES string of the molecule is CCOC(=O)c1c(CCCBr)csc1-c1ccccc1. The second-order valence-electron chi connectivity index (χ2n) is 4.34. The van der Waals surface area contributed by atoms with Crippen molar-refractivity contribution in [3.8, 4) is 10.4 Å². The van der Waals surface area contributed by atoms with Gasteiger partial charge in [0.25, 0.3) is 0 Å². The molecule has 1 heterocycles. The summed E-state index contributed by atoms with van der Waals surface area (Å²) in [6.45, 7) is 2.24. The maximum absolute atomic E-state index is 12.3. The maximum atomic E-state index is 12.3. The number of esters is 1. The Kier molecular flexibility index (Phi) is 5.80. The first-order valence-corrected chi connectivity index (χ1v) is 8.67. The van der Waals surface area contributed by atoms with Gasteiger partial charge in [-0.25, -0.2) is 4.79 Å². The van der Waals surface area contributed by atoms with Gasteiger partial charge in [-0.1, -0.05) is 46.3 Å². The quantitative estimate of drug-likeness (QED) is 0.544. The zero-order chi connectivity index (χ0) is 14.4. The molecule has 0 aliphatic heterocycles. The Bertz CT molecular complexity index is 563. The molecule has 1 aromatic heterocycles. The minimum Gasteiger partial charge on any atom is -0.462 e. The molecular formula is C16H17BrO2S. The molecule has 0 bridgehead atoms. The van der Waals surface area contributed by atoms with Crippen molar-refractivity contribution in [1.82, 2.24) is 0 Å². The molecule has 0 unspecified atom stereocenters. The van der Waals surface area contributed by atoms with Crippen molar-refractivity contribution < 1.29 is 9.53 Å². The summed E-state index contributed by atoms with van der Waals surface area (Å²) < 4.78 is 5.23. The summed E-state index contributed by atoms with van der Waals surface area (Å²) in [5, 5.41) is 3.02. The third kappa shape index (κ3) is 3.49. The van der Waals surface area contributed by atoms with Gasteiger partial charge in [-0.2, -0.15) is 0 Å². The second kappa shape index (κ2) is 7.60. The van der Waals surface area contributed by atoms with Crippen molar-refractivity contribution in [2.45, 2.75) is 19.8 Å². The highest BCUT2D eigenvalue weighted by Gasteiger charge is 2.20. The lowest BCUT2D eigenvalue weighted by atomic mass is 10.0. The standard InChI is InChI=1S/C16H17BrO2S/c1-2-19-16(18)14-13(9-6-10-17)11-20-15(14)12-7-4-3-5-8-12/h3-5,7-8,11H,2,6,9-10H2,1H3. The molecule has 0 radical (unpaired) electrons. The van der Waals surface area contributed by atoms with Crippen LogP contribution in [0.1, 0.15) is 29.3 Å². The number of hydrogen-bond donors (Lipinski definition) is 0. The normalized spacial score (nSPS) is 10.5. The summed E-state index contributed by atoms with van der Waals surface area (Å²) in [6.07, 6.45) is 1.90. The molecular weight excluding hydrogens is 336 g/mol. The van der Waals surface area contributed by atoms with Gasteiger partial charge < -0.3 is 4.74 Å². The molecule has 4 heteroatoms. The third-order valence-corrected chi connectivity index (χ3v) is 4.60. The maximum Gasteiger partial charge on any atom is 0.339 e. The van der Waals surface area contributed by atoms with E-state index < -0.39 is 0 Å². The summed E-state index contributed by atoms with van der Waals surface area (Å²) in [5.74, 6) is -0.211. The van der Waals surface area contributed by atoms with Crippen LogP contribution >= 0.6 is 27.3 Å². The van der Waals surface area contributed by atoms with Crippen LogP contribution in [-0.4, -0.2) is 17.9 Å². The average molecular weight is 353 g/mol.